The Morgan fingerprint density at radius 2 is 1.93 bits per heavy atom. The molecule has 3 rings (SSSR count). The molecule has 0 fully saturated rings. The molecule has 0 bridgehead atoms. The molecule has 3 aromatic rings. The Kier molecular flexibility index (Phi) is 5.42. The number of carboxylic acid groups (broad SMARTS) is 1. The van der Waals surface area contributed by atoms with Crippen LogP contribution in [0.4, 0.5) is 17.6 Å². The first kappa shape index (κ1) is 21.8. The van der Waals surface area contributed by atoms with Gasteiger partial charge in [-0.1, -0.05) is 17.7 Å². The SMILES string of the molecule is CC(C)(O)Cn1ncc(-c2[nH]cc(-c3c(F)cccc3Cl)c2C(=O)O)c1C(F)(F)F. The van der Waals surface area contributed by atoms with E-state index < -0.39 is 52.6 Å². The highest BCUT2D eigenvalue weighted by atomic mass is 35.5. The van der Waals surface area contributed by atoms with Crippen molar-refractivity contribution in [3.63, 3.8) is 0 Å². The minimum absolute atomic E-state index is 0.100. The maximum absolute atomic E-state index is 14.3. The van der Waals surface area contributed by atoms with Crippen LogP contribution >= 0.6 is 11.6 Å². The molecular formula is C19H16ClF4N3O3. The van der Waals surface area contributed by atoms with E-state index in [1.54, 1.807) is 0 Å². The third-order valence-corrected chi connectivity index (χ3v) is 4.56. The highest BCUT2D eigenvalue weighted by Gasteiger charge is 2.41. The van der Waals surface area contributed by atoms with Crippen LogP contribution < -0.4 is 0 Å². The van der Waals surface area contributed by atoms with Gasteiger partial charge in [-0.25, -0.2) is 9.18 Å². The number of alkyl halides is 3. The topological polar surface area (TPSA) is 91.1 Å². The van der Waals surface area contributed by atoms with Gasteiger partial charge in [-0.2, -0.15) is 18.3 Å². The molecule has 0 spiro atoms. The summed E-state index contributed by atoms with van der Waals surface area (Å²) in [5, 5.41) is 23.2. The maximum atomic E-state index is 14.3. The van der Waals surface area contributed by atoms with E-state index in [9.17, 15) is 32.6 Å². The second-order valence-electron chi connectivity index (χ2n) is 7.23. The summed E-state index contributed by atoms with van der Waals surface area (Å²) in [4.78, 5) is 14.4. The number of aromatic nitrogens is 3. The molecule has 2 aromatic heterocycles. The van der Waals surface area contributed by atoms with Crippen LogP contribution in [0.25, 0.3) is 22.4 Å². The smallest absolute Gasteiger partial charge is 0.433 e. The number of carbonyl (C=O) groups is 1. The van der Waals surface area contributed by atoms with Crippen LogP contribution in [0.3, 0.4) is 0 Å². The van der Waals surface area contributed by atoms with Crippen molar-refractivity contribution in [2.45, 2.75) is 32.2 Å². The monoisotopic (exact) mass is 445 g/mol. The molecule has 0 saturated heterocycles. The average Bonchev–Trinajstić information content (AvgIpc) is 3.16. The Labute approximate surface area is 172 Å². The van der Waals surface area contributed by atoms with Crippen molar-refractivity contribution in [3.8, 4) is 22.4 Å². The van der Waals surface area contributed by atoms with E-state index in [2.05, 4.69) is 10.1 Å². The van der Waals surface area contributed by atoms with Crippen LogP contribution in [0.5, 0.6) is 0 Å². The molecule has 0 saturated carbocycles. The van der Waals surface area contributed by atoms with Crippen molar-refractivity contribution in [1.82, 2.24) is 14.8 Å². The number of H-pyrrole nitrogens is 1. The van der Waals surface area contributed by atoms with Gasteiger partial charge < -0.3 is 15.2 Å². The zero-order chi connectivity index (χ0) is 22.4. The Balaban J connectivity index is 2.28. The third-order valence-electron chi connectivity index (χ3n) is 4.24. The highest BCUT2D eigenvalue weighted by molar-refractivity contribution is 6.33. The Morgan fingerprint density at radius 1 is 1.27 bits per heavy atom. The number of nitrogens with one attached hydrogen (secondary N) is 1. The third kappa shape index (κ3) is 4.05. The van der Waals surface area contributed by atoms with Crippen LogP contribution in [0.15, 0.2) is 30.6 Å². The average molecular weight is 446 g/mol. The molecule has 0 aliphatic rings. The van der Waals surface area contributed by atoms with E-state index in [0.717, 1.165) is 18.5 Å². The molecule has 2 heterocycles. The fourth-order valence-electron chi connectivity index (χ4n) is 3.16. The number of carboxylic acids is 1. The van der Waals surface area contributed by atoms with Crippen LogP contribution in [0.1, 0.15) is 29.9 Å². The van der Waals surface area contributed by atoms with E-state index in [0.29, 0.717) is 4.68 Å². The van der Waals surface area contributed by atoms with Gasteiger partial charge in [0.1, 0.15) is 5.82 Å². The van der Waals surface area contributed by atoms with Crippen molar-refractivity contribution in [1.29, 1.82) is 0 Å². The first-order chi connectivity index (χ1) is 13.8. The minimum atomic E-state index is -4.91. The van der Waals surface area contributed by atoms with Gasteiger partial charge >= 0.3 is 12.1 Å². The van der Waals surface area contributed by atoms with Gasteiger partial charge in [0.2, 0.25) is 0 Å². The fraction of sp³-hybridized carbons (Fsp3) is 0.263. The number of aliphatic hydroxyl groups is 1. The summed E-state index contributed by atoms with van der Waals surface area (Å²) in [6.45, 7) is 2.13. The standard InChI is InChI=1S/C19H16ClF4N3O3/c1-18(2,30)8-27-16(19(22,23)24)10(7-26-27)15-14(17(28)29)9(6-25-15)13-11(20)4-3-5-12(13)21/h3-7,25,30H,8H2,1-2H3,(H,28,29). The summed E-state index contributed by atoms with van der Waals surface area (Å²) in [5.74, 6) is -2.41. The second-order valence-corrected chi connectivity index (χ2v) is 7.64. The maximum Gasteiger partial charge on any atom is 0.433 e. The number of aromatic carboxylic acids is 1. The molecule has 160 valence electrons. The lowest BCUT2D eigenvalue weighted by atomic mass is 9.99. The molecule has 3 N–H and O–H groups in total. The Bertz CT molecular complexity index is 1090. The minimum Gasteiger partial charge on any atom is -0.478 e. The summed E-state index contributed by atoms with van der Waals surface area (Å²) in [7, 11) is 0. The van der Waals surface area contributed by atoms with Crippen LogP contribution in [0, 0.1) is 5.82 Å². The molecule has 0 aliphatic heterocycles. The zero-order valence-corrected chi connectivity index (χ0v) is 16.4. The van der Waals surface area contributed by atoms with Crippen molar-refractivity contribution in [2.24, 2.45) is 0 Å². The van der Waals surface area contributed by atoms with Gasteiger partial charge in [0.25, 0.3) is 0 Å². The molecule has 0 atom stereocenters. The van der Waals surface area contributed by atoms with Gasteiger partial charge in [-0.3, -0.25) is 4.68 Å². The molecule has 0 amide bonds. The first-order valence-corrected chi connectivity index (χ1v) is 8.94. The van der Waals surface area contributed by atoms with E-state index in [4.69, 9.17) is 11.6 Å². The summed E-state index contributed by atoms with van der Waals surface area (Å²) in [6, 6.07) is 3.71. The molecule has 30 heavy (non-hydrogen) atoms. The second kappa shape index (κ2) is 7.44. The largest absolute Gasteiger partial charge is 0.478 e. The predicted octanol–water partition coefficient (Wildman–Crippen LogP) is 4.83. The predicted molar refractivity (Wildman–Crippen MR) is 101 cm³/mol. The normalized spacial score (nSPS) is 12.4. The Morgan fingerprint density at radius 3 is 2.47 bits per heavy atom. The number of benzene rings is 1. The van der Waals surface area contributed by atoms with Crippen LogP contribution in [-0.4, -0.2) is 36.5 Å². The molecule has 0 radical (unpaired) electrons. The van der Waals surface area contributed by atoms with Gasteiger partial charge in [0.05, 0.1) is 34.6 Å². The quantitative estimate of drug-likeness (QED) is 0.491. The first-order valence-electron chi connectivity index (χ1n) is 8.56. The van der Waals surface area contributed by atoms with Gasteiger partial charge in [-0.15, -0.1) is 0 Å². The lowest BCUT2D eigenvalue weighted by Crippen LogP contribution is -2.29. The summed E-state index contributed by atoms with van der Waals surface area (Å²) >= 11 is 6.01. The van der Waals surface area contributed by atoms with Crippen molar-refractivity contribution >= 4 is 17.6 Å². The van der Waals surface area contributed by atoms with E-state index in [-0.39, 0.29) is 16.1 Å². The number of halogens is 5. The number of hydrogen-bond donors (Lipinski definition) is 3. The molecular weight excluding hydrogens is 430 g/mol. The van der Waals surface area contributed by atoms with Crippen molar-refractivity contribution in [2.75, 3.05) is 0 Å². The summed E-state index contributed by atoms with van der Waals surface area (Å²) < 4.78 is 56.3. The van der Waals surface area contributed by atoms with E-state index >= 15 is 0 Å². The van der Waals surface area contributed by atoms with Gasteiger partial charge in [0, 0.05) is 22.9 Å². The molecule has 1 aromatic carbocycles. The molecule has 0 aliphatic carbocycles. The number of rotatable bonds is 5. The molecule has 0 unspecified atom stereocenters. The highest BCUT2D eigenvalue weighted by Crippen LogP contribution is 2.42. The van der Waals surface area contributed by atoms with Gasteiger partial charge in [-0.05, 0) is 26.0 Å². The fourth-order valence-corrected chi connectivity index (χ4v) is 3.43. The summed E-state index contributed by atoms with van der Waals surface area (Å²) in [6.07, 6.45) is -2.98. The van der Waals surface area contributed by atoms with E-state index in [1.807, 2.05) is 0 Å². The number of aromatic amines is 1. The zero-order valence-electron chi connectivity index (χ0n) is 15.7. The van der Waals surface area contributed by atoms with Gasteiger partial charge in [0.15, 0.2) is 5.69 Å². The molecule has 6 nitrogen and oxygen atoms in total. The van der Waals surface area contributed by atoms with Crippen molar-refractivity contribution in [3.05, 3.63) is 52.7 Å². The molecule has 11 heteroatoms. The summed E-state index contributed by atoms with van der Waals surface area (Å²) in [5.41, 5.74) is -4.77. The lowest BCUT2D eigenvalue weighted by Gasteiger charge is -2.20. The number of nitrogens with zero attached hydrogens (tertiary/aromatic N) is 2. The Hall–Kier alpha value is -2.85. The number of hydrogen-bond acceptors (Lipinski definition) is 3. The lowest BCUT2D eigenvalue weighted by molar-refractivity contribution is -0.144. The van der Waals surface area contributed by atoms with E-state index in [1.165, 1.54) is 26.0 Å². The van der Waals surface area contributed by atoms with Crippen LogP contribution in [0.2, 0.25) is 5.02 Å². The van der Waals surface area contributed by atoms with Crippen LogP contribution in [-0.2, 0) is 12.7 Å². The van der Waals surface area contributed by atoms with Crippen molar-refractivity contribution < 1.29 is 32.6 Å².